The summed E-state index contributed by atoms with van der Waals surface area (Å²) in [5.74, 6) is 0. The third kappa shape index (κ3) is 6.75. The maximum atomic E-state index is 12.0. The molecule has 0 heterocycles. The van der Waals surface area contributed by atoms with Gasteiger partial charge in [0.15, 0.2) is 0 Å². The van der Waals surface area contributed by atoms with E-state index in [1.807, 2.05) is 31.2 Å². The third-order valence-electron chi connectivity index (χ3n) is 2.34. The highest BCUT2D eigenvalue weighted by Gasteiger charge is 2.26. The number of benzene rings is 1. The number of alkyl halides is 3. The van der Waals surface area contributed by atoms with Crippen molar-refractivity contribution in [1.29, 1.82) is 0 Å². The molecular formula is C12H15F3IN. The second-order valence-corrected chi connectivity index (χ2v) is 5.31. The van der Waals surface area contributed by atoms with Crippen LogP contribution in [0.1, 0.15) is 26.2 Å². The average Bonchev–Trinajstić information content (AvgIpc) is 2.15. The Morgan fingerprint density at radius 3 is 2.65 bits per heavy atom. The molecule has 0 fully saturated rings. The zero-order valence-corrected chi connectivity index (χ0v) is 11.7. The zero-order chi connectivity index (χ0) is 12.9. The fourth-order valence-electron chi connectivity index (χ4n) is 1.54. The van der Waals surface area contributed by atoms with E-state index in [1.165, 1.54) is 0 Å². The number of nitrogens with one attached hydrogen (secondary N) is 1. The van der Waals surface area contributed by atoms with Crippen LogP contribution in [0.15, 0.2) is 24.3 Å². The molecule has 0 bridgehead atoms. The van der Waals surface area contributed by atoms with E-state index >= 15 is 0 Å². The summed E-state index contributed by atoms with van der Waals surface area (Å²) >= 11 is 2.20. The summed E-state index contributed by atoms with van der Waals surface area (Å²) in [5.41, 5.74) is 0.955. The molecule has 0 spiro atoms. The Hall–Kier alpha value is -0.460. The summed E-state index contributed by atoms with van der Waals surface area (Å²) in [6, 6.07) is 7.84. The normalized spacial score (nSPS) is 13.5. The molecule has 0 aromatic heterocycles. The Kier molecular flexibility index (Phi) is 5.55. The first-order chi connectivity index (χ1) is 7.87. The van der Waals surface area contributed by atoms with Crippen LogP contribution in [0.2, 0.25) is 0 Å². The summed E-state index contributed by atoms with van der Waals surface area (Å²) < 4.78 is 37.0. The Morgan fingerprint density at radius 1 is 1.35 bits per heavy atom. The average molecular weight is 357 g/mol. The highest BCUT2D eigenvalue weighted by Crippen LogP contribution is 2.23. The molecule has 1 atom stereocenters. The highest BCUT2D eigenvalue weighted by atomic mass is 127. The van der Waals surface area contributed by atoms with E-state index in [-0.39, 0.29) is 12.5 Å². The van der Waals surface area contributed by atoms with E-state index in [1.54, 1.807) is 0 Å². The molecule has 0 aliphatic carbocycles. The highest BCUT2D eigenvalue weighted by molar-refractivity contribution is 14.1. The van der Waals surface area contributed by atoms with Crippen molar-refractivity contribution in [1.82, 2.24) is 0 Å². The van der Waals surface area contributed by atoms with E-state index in [2.05, 4.69) is 27.9 Å². The summed E-state index contributed by atoms with van der Waals surface area (Å²) in [4.78, 5) is 0. The number of hydrogen-bond donors (Lipinski definition) is 1. The van der Waals surface area contributed by atoms with Gasteiger partial charge in [-0.05, 0) is 60.6 Å². The van der Waals surface area contributed by atoms with Gasteiger partial charge in [-0.1, -0.05) is 6.07 Å². The van der Waals surface area contributed by atoms with Crippen LogP contribution in [0, 0.1) is 3.57 Å². The maximum Gasteiger partial charge on any atom is 0.389 e. The van der Waals surface area contributed by atoms with E-state index in [4.69, 9.17) is 0 Å². The topological polar surface area (TPSA) is 12.0 Å². The lowest BCUT2D eigenvalue weighted by Crippen LogP contribution is -2.16. The van der Waals surface area contributed by atoms with Crippen LogP contribution >= 0.6 is 22.6 Å². The van der Waals surface area contributed by atoms with Gasteiger partial charge < -0.3 is 5.32 Å². The van der Waals surface area contributed by atoms with Crippen molar-refractivity contribution in [2.24, 2.45) is 0 Å². The number of halogens is 4. The van der Waals surface area contributed by atoms with Gasteiger partial charge in [0, 0.05) is 21.7 Å². The quantitative estimate of drug-likeness (QED) is 0.745. The lowest BCUT2D eigenvalue weighted by atomic mass is 10.1. The van der Waals surface area contributed by atoms with Gasteiger partial charge in [-0.15, -0.1) is 0 Å². The molecule has 17 heavy (non-hydrogen) atoms. The molecule has 0 aliphatic rings. The van der Waals surface area contributed by atoms with Crippen molar-refractivity contribution < 1.29 is 13.2 Å². The van der Waals surface area contributed by atoms with Gasteiger partial charge in [-0.3, -0.25) is 0 Å². The largest absolute Gasteiger partial charge is 0.389 e. The minimum atomic E-state index is -4.04. The van der Waals surface area contributed by atoms with Crippen LogP contribution in [-0.2, 0) is 0 Å². The first-order valence-corrected chi connectivity index (χ1v) is 6.53. The van der Waals surface area contributed by atoms with Gasteiger partial charge in [-0.25, -0.2) is 0 Å². The summed E-state index contributed by atoms with van der Waals surface area (Å²) in [6.07, 6.45) is -4.06. The molecule has 1 aromatic carbocycles. The van der Waals surface area contributed by atoms with Gasteiger partial charge in [0.2, 0.25) is 0 Å². The fraction of sp³-hybridized carbons (Fsp3) is 0.500. The van der Waals surface area contributed by atoms with Gasteiger partial charge in [0.1, 0.15) is 0 Å². The van der Waals surface area contributed by atoms with Crippen molar-refractivity contribution in [3.63, 3.8) is 0 Å². The number of anilines is 1. The Labute approximate surface area is 113 Å². The van der Waals surface area contributed by atoms with Crippen LogP contribution in [0.4, 0.5) is 18.9 Å². The third-order valence-corrected chi connectivity index (χ3v) is 3.01. The first kappa shape index (κ1) is 14.6. The van der Waals surface area contributed by atoms with Crippen molar-refractivity contribution in [3.8, 4) is 0 Å². The van der Waals surface area contributed by atoms with Crippen molar-refractivity contribution in [2.45, 2.75) is 38.4 Å². The molecule has 0 saturated heterocycles. The minimum absolute atomic E-state index is 0.0514. The monoisotopic (exact) mass is 357 g/mol. The fourth-order valence-corrected chi connectivity index (χ4v) is 2.09. The smallest absolute Gasteiger partial charge is 0.383 e. The molecule has 0 aliphatic heterocycles. The predicted octanol–water partition coefficient (Wildman–Crippen LogP) is 4.82. The van der Waals surface area contributed by atoms with E-state index in [0.717, 1.165) is 9.26 Å². The molecule has 1 aromatic rings. The minimum Gasteiger partial charge on any atom is -0.383 e. The van der Waals surface area contributed by atoms with E-state index in [0.29, 0.717) is 6.42 Å². The van der Waals surface area contributed by atoms with E-state index < -0.39 is 12.6 Å². The Balaban J connectivity index is 2.32. The summed E-state index contributed by atoms with van der Waals surface area (Å²) in [6.45, 7) is 1.90. The van der Waals surface area contributed by atoms with Crippen molar-refractivity contribution in [3.05, 3.63) is 27.8 Å². The molecule has 1 rings (SSSR count). The summed E-state index contributed by atoms with van der Waals surface area (Å²) in [7, 11) is 0. The van der Waals surface area contributed by atoms with Crippen LogP contribution in [0.3, 0.4) is 0 Å². The lowest BCUT2D eigenvalue weighted by molar-refractivity contribution is -0.135. The van der Waals surface area contributed by atoms with Crippen molar-refractivity contribution >= 4 is 28.3 Å². The van der Waals surface area contributed by atoms with Crippen LogP contribution in [0.25, 0.3) is 0 Å². The molecule has 0 amide bonds. The van der Waals surface area contributed by atoms with Gasteiger partial charge in [-0.2, -0.15) is 13.2 Å². The zero-order valence-electron chi connectivity index (χ0n) is 9.52. The summed E-state index contributed by atoms with van der Waals surface area (Å²) in [5, 5.41) is 3.20. The van der Waals surface area contributed by atoms with Crippen LogP contribution in [-0.4, -0.2) is 12.2 Å². The van der Waals surface area contributed by atoms with Gasteiger partial charge in [0.05, 0.1) is 0 Å². The second-order valence-electron chi connectivity index (χ2n) is 4.06. The van der Waals surface area contributed by atoms with Gasteiger partial charge >= 0.3 is 6.18 Å². The Morgan fingerprint density at radius 2 is 2.06 bits per heavy atom. The molecule has 5 heteroatoms. The SMILES string of the molecule is CC(CCCC(F)(F)F)Nc1cccc(I)c1. The number of hydrogen-bond acceptors (Lipinski definition) is 1. The molecular weight excluding hydrogens is 342 g/mol. The molecule has 1 nitrogen and oxygen atoms in total. The molecule has 0 saturated carbocycles. The standard InChI is InChI=1S/C12H15F3IN/c1-9(4-3-7-12(13,14)15)17-11-6-2-5-10(16)8-11/h2,5-6,8-9,17H,3-4,7H2,1H3. The molecule has 1 N–H and O–H groups in total. The Bertz CT molecular complexity index is 352. The molecule has 1 unspecified atom stereocenters. The first-order valence-electron chi connectivity index (χ1n) is 5.46. The second kappa shape index (κ2) is 6.47. The van der Waals surface area contributed by atoms with Gasteiger partial charge in [0.25, 0.3) is 0 Å². The van der Waals surface area contributed by atoms with Crippen molar-refractivity contribution in [2.75, 3.05) is 5.32 Å². The van der Waals surface area contributed by atoms with E-state index in [9.17, 15) is 13.2 Å². The molecule has 0 radical (unpaired) electrons. The van der Waals surface area contributed by atoms with Crippen LogP contribution < -0.4 is 5.32 Å². The number of rotatable bonds is 5. The molecule has 96 valence electrons. The van der Waals surface area contributed by atoms with Crippen LogP contribution in [0.5, 0.6) is 0 Å². The predicted molar refractivity (Wildman–Crippen MR) is 72.1 cm³/mol. The lowest BCUT2D eigenvalue weighted by Gasteiger charge is -2.15. The maximum absolute atomic E-state index is 12.0.